The predicted molar refractivity (Wildman–Crippen MR) is 134 cm³/mol. The van der Waals surface area contributed by atoms with Gasteiger partial charge in [0.2, 0.25) is 0 Å². The molecule has 4 nitrogen and oxygen atoms in total. The monoisotopic (exact) mass is 462 g/mol. The first-order valence-corrected chi connectivity index (χ1v) is 13.7. The molecule has 7 heteroatoms. The molecule has 2 amide bonds. The summed E-state index contributed by atoms with van der Waals surface area (Å²) in [7, 11) is 0. The second-order valence-electron chi connectivity index (χ2n) is 6.66. The third-order valence-corrected chi connectivity index (χ3v) is 7.10. The number of rotatable bonds is 13. The highest BCUT2D eigenvalue weighted by molar-refractivity contribution is 8.15. The van der Waals surface area contributed by atoms with Gasteiger partial charge in [0.1, 0.15) is 0 Å². The second-order valence-corrected chi connectivity index (χ2v) is 10.1. The van der Waals surface area contributed by atoms with Crippen LogP contribution in [-0.2, 0) is 12.8 Å². The van der Waals surface area contributed by atoms with Crippen LogP contribution in [0.15, 0.2) is 48.5 Å². The zero-order valence-corrected chi connectivity index (χ0v) is 20.1. The molecule has 2 rings (SSSR count). The van der Waals surface area contributed by atoms with Crippen LogP contribution in [0.25, 0.3) is 0 Å². The van der Waals surface area contributed by atoms with E-state index < -0.39 is 0 Å². The molecule has 0 heterocycles. The maximum absolute atomic E-state index is 12.3. The Labute approximate surface area is 192 Å². The van der Waals surface area contributed by atoms with E-state index in [2.05, 4.69) is 35.9 Å². The first-order chi connectivity index (χ1) is 14.6. The van der Waals surface area contributed by atoms with Gasteiger partial charge in [-0.25, -0.2) is 0 Å². The van der Waals surface area contributed by atoms with Gasteiger partial charge in [-0.2, -0.15) is 11.8 Å². The van der Waals surface area contributed by atoms with Gasteiger partial charge in [-0.1, -0.05) is 31.2 Å². The molecule has 0 fully saturated rings. The molecule has 30 heavy (non-hydrogen) atoms. The standard InChI is InChI=1S/C23H30N2O2S3/c1-3-29-15-24-22(26)20-11-5-9-18(13-20)7-4-8-19-10-6-12-21(14-19)23(27)25-16-30-17-28-2/h5-6,9-14H,3-4,7-8,15-17H2,1-2H3,(H,24,26)(H,25,27). The van der Waals surface area contributed by atoms with Gasteiger partial charge in [0.15, 0.2) is 0 Å². The van der Waals surface area contributed by atoms with E-state index in [4.69, 9.17) is 0 Å². The molecule has 162 valence electrons. The van der Waals surface area contributed by atoms with Crippen molar-refractivity contribution >= 4 is 47.1 Å². The maximum Gasteiger partial charge on any atom is 0.251 e. The largest absolute Gasteiger partial charge is 0.343 e. The molecular weight excluding hydrogens is 432 g/mol. The summed E-state index contributed by atoms with van der Waals surface area (Å²) in [6, 6.07) is 15.7. The van der Waals surface area contributed by atoms with Crippen LogP contribution in [0.4, 0.5) is 0 Å². The van der Waals surface area contributed by atoms with E-state index in [1.165, 1.54) is 0 Å². The van der Waals surface area contributed by atoms with Crippen molar-refractivity contribution in [1.29, 1.82) is 0 Å². The van der Waals surface area contributed by atoms with Gasteiger partial charge in [-0.15, -0.1) is 23.5 Å². The number of amides is 2. The number of nitrogens with one attached hydrogen (secondary N) is 2. The normalized spacial score (nSPS) is 10.6. The molecule has 0 bridgehead atoms. The molecule has 2 aromatic rings. The second kappa shape index (κ2) is 14.4. The van der Waals surface area contributed by atoms with Gasteiger partial charge >= 0.3 is 0 Å². The number of hydrogen-bond acceptors (Lipinski definition) is 5. The van der Waals surface area contributed by atoms with Crippen LogP contribution < -0.4 is 10.6 Å². The summed E-state index contributed by atoms with van der Waals surface area (Å²) in [4.78, 5) is 24.5. The summed E-state index contributed by atoms with van der Waals surface area (Å²) in [5, 5.41) is 6.85. The van der Waals surface area contributed by atoms with Gasteiger partial charge in [0.05, 0.1) is 11.8 Å². The Morgan fingerprint density at radius 1 is 0.833 bits per heavy atom. The summed E-state index contributed by atoms with van der Waals surface area (Å²) in [5.41, 5.74) is 3.73. The lowest BCUT2D eigenvalue weighted by atomic mass is 10.0. The number of benzene rings is 2. The van der Waals surface area contributed by atoms with Crippen molar-refractivity contribution in [2.45, 2.75) is 26.2 Å². The molecule has 0 atom stereocenters. The number of hydrogen-bond donors (Lipinski definition) is 2. The highest BCUT2D eigenvalue weighted by Gasteiger charge is 2.07. The Balaban J connectivity index is 1.83. The van der Waals surface area contributed by atoms with Crippen LogP contribution in [0.3, 0.4) is 0 Å². The minimum Gasteiger partial charge on any atom is -0.343 e. The summed E-state index contributed by atoms with van der Waals surface area (Å²) < 4.78 is 0. The highest BCUT2D eigenvalue weighted by Crippen LogP contribution is 2.13. The molecule has 0 unspecified atom stereocenters. The van der Waals surface area contributed by atoms with Crippen molar-refractivity contribution in [2.75, 3.05) is 28.8 Å². The number of thioether (sulfide) groups is 3. The molecule has 0 spiro atoms. The van der Waals surface area contributed by atoms with Crippen molar-refractivity contribution < 1.29 is 9.59 Å². The fraction of sp³-hybridized carbons (Fsp3) is 0.391. The molecule has 2 aromatic carbocycles. The third-order valence-electron chi connectivity index (χ3n) is 4.38. The smallest absolute Gasteiger partial charge is 0.251 e. The van der Waals surface area contributed by atoms with Crippen molar-refractivity contribution in [3.8, 4) is 0 Å². The summed E-state index contributed by atoms with van der Waals surface area (Å²) in [6.45, 7) is 2.07. The van der Waals surface area contributed by atoms with E-state index >= 15 is 0 Å². The van der Waals surface area contributed by atoms with Gasteiger partial charge in [-0.05, 0) is 66.7 Å². The van der Waals surface area contributed by atoms with Crippen LogP contribution in [0.5, 0.6) is 0 Å². The quantitative estimate of drug-likeness (QED) is 0.322. The minimum atomic E-state index is -0.0228. The average Bonchev–Trinajstić information content (AvgIpc) is 2.77. The SMILES string of the molecule is CCSCNC(=O)c1cccc(CCCc2cccc(C(=O)NCSCSC)c2)c1. The van der Waals surface area contributed by atoms with E-state index in [-0.39, 0.29) is 11.8 Å². The zero-order chi connectivity index (χ0) is 21.6. The number of carbonyl (C=O) groups excluding carboxylic acids is 2. The zero-order valence-electron chi connectivity index (χ0n) is 17.6. The van der Waals surface area contributed by atoms with Gasteiger partial charge in [0, 0.05) is 16.2 Å². The van der Waals surface area contributed by atoms with Crippen molar-refractivity contribution in [3.05, 3.63) is 70.8 Å². The van der Waals surface area contributed by atoms with Gasteiger partial charge in [-0.3, -0.25) is 9.59 Å². The Morgan fingerprint density at radius 2 is 1.37 bits per heavy atom. The molecule has 0 saturated carbocycles. The summed E-state index contributed by atoms with van der Waals surface area (Å²) >= 11 is 5.15. The molecule has 0 aliphatic rings. The maximum atomic E-state index is 12.3. The first kappa shape index (κ1) is 24.7. The fourth-order valence-corrected chi connectivity index (χ4v) is 4.57. The van der Waals surface area contributed by atoms with Crippen LogP contribution in [0.1, 0.15) is 45.2 Å². The molecule has 0 radical (unpaired) electrons. The molecule has 0 aliphatic carbocycles. The topological polar surface area (TPSA) is 58.2 Å². The van der Waals surface area contributed by atoms with Crippen LogP contribution in [-0.4, -0.2) is 40.7 Å². The first-order valence-electron chi connectivity index (χ1n) is 10.0. The van der Waals surface area contributed by atoms with Crippen LogP contribution >= 0.6 is 35.3 Å². The Hall–Kier alpha value is -1.57. The number of aryl methyl sites for hydroxylation is 2. The fourth-order valence-electron chi connectivity index (χ4n) is 2.90. The van der Waals surface area contributed by atoms with Gasteiger partial charge < -0.3 is 10.6 Å². The molecule has 2 N–H and O–H groups in total. The van der Waals surface area contributed by atoms with Crippen LogP contribution in [0.2, 0.25) is 0 Å². The lowest BCUT2D eigenvalue weighted by Gasteiger charge is -2.08. The highest BCUT2D eigenvalue weighted by atomic mass is 32.2. The lowest BCUT2D eigenvalue weighted by molar-refractivity contribution is 0.0953. The van der Waals surface area contributed by atoms with Gasteiger partial charge in [0.25, 0.3) is 11.8 Å². The average molecular weight is 463 g/mol. The van der Waals surface area contributed by atoms with E-state index in [0.29, 0.717) is 22.9 Å². The molecule has 0 aliphatic heterocycles. The molecular formula is C23H30N2O2S3. The van der Waals surface area contributed by atoms with E-state index in [1.54, 1.807) is 35.3 Å². The predicted octanol–water partition coefficient (Wildman–Crippen LogP) is 5.04. The van der Waals surface area contributed by atoms with Crippen molar-refractivity contribution in [2.24, 2.45) is 0 Å². The van der Waals surface area contributed by atoms with Crippen molar-refractivity contribution in [1.82, 2.24) is 10.6 Å². The third kappa shape index (κ3) is 9.06. The summed E-state index contributed by atoms with van der Waals surface area (Å²) in [6.07, 6.45) is 4.81. The van der Waals surface area contributed by atoms with E-state index in [9.17, 15) is 9.59 Å². The minimum absolute atomic E-state index is 0.0211. The summed E-state index contributed by atoms with van der Waals surface area (Å²) in [5.74, 6) is 2.21. The Morgan fingerprint density at radius 3 is 1.87 bits per heavy atom. The number of carbonyl (C=O) groups is 2. The Kier molecular flexibility index (Phi) is 11.9. The van der Waals surface area contributed by atoms with E-state index in [1.807, 2.05) is 36.4 Å². The molecule has 0 aromatic heterocycles. The molecule has 0 saturated heterocycles. The van der Waals surface area contributed by atoms with Crippen LogP contribution in [0, 0.1) is 0 Å². The van der Waals surface area contributed by atoms with Crippen molar-refractivity contribution in [3.63, 3.8) is 0 Å². The Bertz CT molecular complexity index is 815. The lowest BCUT2D eigenvalue weighted by Crippen LogP contribution is -2.23. The van der Waals surface area contributed by atoms with E-state index in [0.717, 1.165) is 41.2 Å².